The molecule has 1 saturated carbocycles. The van der Waals surface area contributed by atoms with E-state index in [1.807, 2.05) is 0 Å². The van der Waals surface area contributed by atoms with E-state index in [-0.39, 0.29) is 11.0 Å². The van der Waals surface area contributed by atoms with E-state index in [4.69, 9.17) is 0 Å². The molecular weight excluding hydrogens is 340 g/mol. The van der Waals surface area contributed by atoms with Gasteiger partial charge in [0.15, 0.2) is 0 Å². The van der Waals surface area contributed by atoms with Gasteiger partial charge in [0.2, 0.25) is 6.34 Å². The SMILES string of the molecule is Cc1cc(C)c(C[N+]2=CN(c3ccccc3C)[C@H]3CC[C@]2(C)C3(C)C)c(C)c1. The number of benzene rings is 2. The van der Waals surface area contributed by atoms with E-state index in [0.717, 1.165) is 6.54 Å². The minimum atomic E-state index is 0.181. The van der Waals surface area contributed by atoms with Crippen LogP contribution in [0, 0.1) is 33.1 Å². The van der Waals surface area contributed by atoms with E-state index >= 15 is 0 Å². The molecule has 2 nitrogen and oxygen atoms in total. The minimum Gasteiger partial charge on any atom is -0.258 e. The lowest BCUT2D eigenvalue weighted by Crippen LogP contribution is -2.61. The van der Waals surface area contributed by atoms with Crippen LogP contribution in [-0.2, 0) is 6.54 Å². The van der Waals surface area contributed by atoms with Gasteiger partial charge in [-0.1, -0.05) is 49.7 Å². The number of hydrogen-bond acceptors (Lipinski definition) is 1. The molecule has 0 saturated heterocycles. The largest absolute Gasteiger partial charge is 0.258 e. The van der Waals surface area contributed by atoms with Crippen LogP contribution in [0.2, 0.25) is 0 Å². The maximum atomic E-state index is 2.65. The van der Waals surface area contributed by atoms with Gasteiger partial charge in [-0.05, 0) is 75.8 Å². The van der Waals surface area contributed by atoms with Gasteiger partial charge in [0.1, 0.15) is 23.8 Å². The first kappa shape index (κ1) is 19.2. The number of fused-ring (bicyclic) bond motifs is 2. The molecule has 2 bridgehead atoms. The summed E-state index contributed by atoms with van der Waals surface area (Å²) in [4.78, 5) is 2.57. The molecular formula is C26H35N2+. The van der Waals surface area contributed by atoms with Gasteiger partial charge in [-0.15, -0.1) is 0 Å². The monoisotopic (exact) mass is 375 g/mol. The third kappa shape index (κ3) is 2.72. The Morgan fingerprint density at radius 3 is 2.25 bits per heavy atom. The quantitative estimate of drug-likeness (QED) is 0.603. The van der Waals surface area contributed by atoms with Crippen LogP contribution in [0.1, 0.15) is 61.4 Å². The molecule has 0 unspecified atom stereocenters. The Morgan fingerprint density at radius 1 is 0.964 bits per heavy atom. The normalized spacial score (nSPS) is 25.8. The van der Waals surface area contributed by atoms with Crippen LogP contribution in [-0.4, -0.2) is 22.5 Å². The third-order valence-electron chi connectivity index (χ3n) is 7.92. The molecule has 2 aromatic carbocycles. The van der Waals surface area contributed by atoms with Crippen molar-refractivity contribution in [2.45, 2.75) is 79.4 Å². The fraction of sp³-hybridized carbons (Fsp3) is 0.500. The van der Waals surface area contributed by atoms with Crippen molar-refractivity contribution in [1.82, 2.24) is 0 Å². The Kier molecular flexibility index (Phi) is 4.45. The first-order valence-corrected chi connectivity index (χ1v) is 10.7. The highest BCUT2D eigenvalue weighted by molar-refractivity contribution is 5.80. The highest BCUT2D eigenvalue weighted by atomic mass is 15.3. The van der Waals surface area contributed by atoms with Crippen molar-refractivity contribution in [3.8, 4) is 0 Å². The predicted molar refractivity (Wildman–Crippen MR) is 120 cm³/mol. The number of hydrogen-bond donors (Lipinski definition) is 0. The summed E-state index contributed by atoms with van der Waals surface area (Å²) < 4.78 is 2.65. The van der Waals surface area contributed by atoms with Crippen LogP contribution in [0.4, 0.5) is 5.69 Å². The molecule has 0 N–H and O–H groups in total. The van der Waals surface area contributed by atoms with Crippen molar-refractivity contribution in [1.29, 1.82) is 0 Å². The molecule has 148 valence electrons. The fourth-order valence-corrected chi connectivity index (χ4v) is 5.75. The van der Waals surface area contributed by atoms with Crippen LogP contribution in [0.3, 0.4) is 0 Å². The molecule has 1 aliphatic carbocycles. The van der Waals surface area contributed by atoms with E-state index < -0.39 is 0 Å². The second-order valence-electron chi connectivity index (χ2n) is 9.86. The van der Waals surface area contributed by atoms with Gasteiger partial charge in [0.25, 0.3) is 0 Å². The van der Waals surface area contributed by atoms with E-state index in [9.17, 15) is 0 Å². The smallest absolute Gasteiger partial charge is 0.240 e. The summed E-state index contributed by atoms with van der Waals surface area (Å²) in [6.45, 7) is 17.4. The lowest BCUT2D eigenvalue weighted by molar-refractivity contribution is -0.634. The molecule has 2 aromatic rings. The van der Waals surface area contributed by atoms with Crippen molar-refractivity contribution in [2.75, 3.05) is 4.90 Å². The van der Waals surface area contributed by atoms with Gasteiger partial charge in [0.05, 0.1) is 0 Å². The average Bonchev–Trinajstić information content (AvgIpc) is 2.75. The molecule has 0 radical (unpaired) electrons. The summed E-state index contributed by atoms with van der Waals surface area (Å²) in [5.41, 5.74) is 8.77. The van der Waals surface area contributed by atoms with Gasteiger partial charge >= 0.3 is 0 Å². The van der Waals surface area contributed by atoms with Gasteiger partial charge in [-0.25, -0.2) is 4.90 Å². The minimum absolute atomic E-state index is 0.181. The molecule has 2 heteroatoms. The van der Waals surface area contributed by atoms with E-state index in [0.29, 0.717) is 6.04 Å². The number of rotatable bonds is 3. The Hall–Kier alpha value is -2.09. The Labute approximate surface area is 170 Å². The number of para-hydroxylation sites is 1. The second-order valence-corrected chi connectivity index (χ2v) is 9.86. The molecule has 1 fully saturated rings. The molecule has 2 atom stereocenters. The van der Waals surface area contributed by atoms with Gasteiger partial charge in [0, 0.05) is 5.41 Å². The maximum Gasteiger partial charge on any atom is 0.240 e. The van der Waals surface area contributed by atoms with Crippen molar-refractivity contribution < 1.29 is 4.58 Å². The van der Waals surface area contributed by atoms with E-state index in [2.05, 4.69) is 101 Å². The molecule has 1 aliphatic heterocycles. The highest BCUT2D eigenvalue weighted by Gasteiger charge is 2.63. The first-order chi connectivity index (χ1) is 13.1. The van der Waals surface area contributed by atoms with Crippen LogP contribution >= 0.6 is 0 Å². The molecule has 0 aromatic heterocycles. The highest BCUT2D eigenvalue weighted by Crippen LogP contribution is 2.53. The van der Waals surface area contributed by atoms with Crippen molar-refractivity contribution >= 4 is 12.0 Å². The lowest BCUT2D eigenvalue weighted by atomic mass is 9.72. The third-order valence-corrected chi connectivity index (χ3v) is 7.92. The number of nitrogens with zero attached hydrogens (tertiary/aromatic N) is 2. The number of aryl methyl sites for hydroxylation is 4. The summed E-state index contributed by atoms with van der Waals surface area (Å²) in [7, 11) is 0. The van der Waals surface area contributed by atoms with Crippen molar-refractivity contribution in [3.63, 3.8) is 0 Å². The van der Waals surface area contributed by atoms with E-state index in [1.54, 1.807) is 0 Å². The zero-order valence-corrected chi connectivity index (χ0v) is 18.6. The van der Waals surface area contributed by atoms with Gasteiger partial charge in [-0.3, -0.25) is 4.58 Å². The summed E-state index contributed by atoms with van der Waals surface area (Å²) in [6.07, 6.45) is 4.92. The molecule has 1 heterocycles. The molecule has 28 heavy (non-hydrogen) atoms. The molecule has 0 spiro atoms. The summed E-state index contributed by atoms with van der Waals surface area (Å²) in [5.74, 6) is 0. The van der Waals surface area contributed by atoms with E-state index in [1.165, 1.54) is 46.3 Å². The molecule has 0 amide bonds. The predicted octanol–water partition coefficient (Wildman–Crippen LogP) is 5.93. The maximum absolute atomic E-state index is 2.65. The zero-order chi connectivity index (χ0) is 20.3. The number of anilines is 1. The van der Waals surface area contributed by atoms with Crippen LogP contribution in [0.25, 0.3) is 0 Å². The van der Waals surface area contributed by atoms with Crippen molar-refractivity contribution in [3.05, 3.63) is 64.2 Å². The summed E-state index contributed by atoms with van der Waals surface area (Å²) >= 11 is 0. The van der Waals surface area contributed by atoms with Crippen molar-refractivity contribution in [2.24, 2.45) is 5.41 Å². The topological polar surface area (TPSA) is 6.25 Å². The van der Waals surface area contributed by atoms with Gasteiger partial charge in [-0.2, -0.15) is 0 Å². The average molecular weight is 376 g/mol. The lowest BCUT2D eigenvalue weighted by Gasteiger charge is -2.46. The Bertz CT molecular complexity index is 930. The summed E-state index contributed by atoms with van der Waals surface area (Å²) in [6, 6.07) is 14.0. The molecule has 2 aliphatic rings. The van der Waals surface area contributed by atoms with Crippen LogP contribution in [0.15, 0.2) is 36.4 Å². The molecule has 4 rings (SSSR count). The Balaban J connectivity index is 1.84. The van der Waals surface area contributed by atoms with Crippen LogP contribution < -0.4 is 4.90 Å². The van der Waals surface area contributed by atoms with Gasteiger partial charge < -0.3 is 0 Å². The second kappa shape index (κ2) is 6.47. The Morgan fingerprint density at radius 2 is 1.61 bits per heavy atom. The first-order valence-electron chi connectivity index (χ1n) is 10.7. The van der Waals surface area contributed by atoms with Crippen LogP contribution in [0.5, 0.6) is 0 Å². The standard InChI is InChI=1S/C26H35N2/c1-18-14-20(3)22(21(4)15-18)16-27-17-28(23-11-9-8-10-19(23)2)24-12-13-26(27,7)25(24,5)6/h8-11,14-15,17,24H,12-13,16H2,1-7H3/q+1/t24-,26+/m0/s1. The summed E-state index contributed by atoms with van der Waals surface area (Å²) in [5, 5.41) is 0. The fourth-order valence-electron chi connectivity index (χ4n) is 5.75. The zero-order valence-electron chi connectivity index (χ0n) is 18.6.